The van der Waals surface area contributed by atoms with Gasteiger partial charge in [-0.25, -0.2) is 0 Å². The zero-order valence-electron chi connectivity index (χ0n) is 103. The van der Waals surface area contributed by atoms with E-state index in [9.17, 15) is 0 Å². The number of hydrogen-bond donors (Lipinski definition) is 0. The summed E-state index contributed by atoms with van der Waals surface area (Å²) in [7, 11) is 40.1. The third-order valence-corrected chi connectivity index (χ3v) is 45.7. The number of benzene rings is 4. The van der Waals surface area contributed by atoms with Crippen LogP contribution in [-0.2, 0) is 104 Å². The van der Waals surface area contributed by atoms with Crippen LogP contribution in [0.1, 0.15) is 400 Å². The van der Waals surface area contributed by atoms with Crippen molar-refractivity contribution < 1.29 is 104 Å². The first kappa shape index (κ1) is 163. The maximum absolute atomic E-state index is 5.89. The van der Waals surface area contributed by atoms with Crippen LogP contribution < -0.4 is 0 Å². The predicted octanol–water partition coefficient (Wildman–Crippen LogP) is 46.5. The monoisotopic (exact) mass is 2530 g/mol. The summed E-state index contributed by atoms with van der Waals surface area (Å²) in [6, 6.07) is 39.8. The van der Waals surface area contributed by atoms with Gasteiger partial charge < -0.3 is 81.0 Å². The Morgan fingerprint density at radius 1 is 0.293 bits per heavy atom. The standard InChI is InChI=1S/C28H42NOSi.C25H42NOSi.C24H40NOSi.C24H46NOSi.C15H28NSi.5CH3.10ClH.5Ti/c1-27(2,3)29-31(7,21-15-9-8-14-20-30-28(4,5)6)26-24-18-12-10-16-22(24)23-17-11-13-19-25(23)26;1-24(2,3)26-28(7,8)23-19-20(21-16-12-13-17-22(21)23)15-11-9-10-14-18-27-25(4,5)6;1-23(2,3)25-27(7,19-13-9-8-12-18-26-24(4,5)6)22-17-16-20-14-10-11-15-21(20)22;1-18-19(2)21(4)22(20(18)3)27(11,25-23(5,6)7)17-15-13-12-14-16-26-24(8,9)10;1-7-8-9-13-10-11-14(12-13)17(5,6)16-15(2,3)4;;;;;;;;;;;;;;;;;;;;/h10-13,16-19,26H,8-9,14-15,20-21H2,1-7H3;12-13,16-17,19,23H,9-11,14-15,18H2,1-8H3;10-11,14-17,22H,8-9,12-13,18-19H2,1-7H3;22H,12-17H2,1-11H3;10-12,14H,7-9H2,1-6H3;5*1H3;10*1H;;;;;/q10*-1;;;;;;;;;;;5*+2/p-10. The van der Waals surface area contributed by atoms with Crippen LogP contribution in [0.15, 0.2) is 155 Å². The van der Waals surface area contributed by atoms with Crippen LogP contribution in [0.25, 0.3) is 47.7 Å². The molecule has 9 rings (SSSR count). The Morgan fingerprint density at radius 2 is 0.587 bits per heavy atom. The van der Waals surface area contributed by atoms with Gasteiger partial charge in [0.05, 0.1) is 22.4 Å². The molecule has 9 nitrogen and oxygen atoms in total. The molecule has 4 aromatic carbocycles. The molecule has 0 bridgehead atoms. The molecule has 0 saturated heterocycles. The van der Waals surface area contributed by atoms with E-state index in [1.54, 1.807) is 16.7 Å². The summed E-state index contributed by atoms with van der Waals surface area (Å²) in [5, 5.41) is 0. The molecule has 4 aromatic rings. The molecule has 29 heteroatoms. The fourth-order valence-corrected chi connectivity index (χ4v) is 42.0. The first-order valence-electron chi connectivity index (χ1n) is 53.5. The Hall–Kier alpha value is 2.52. The number of halogens is 10. The number of rotatable bonds is 41. The van der Waals surface area contributed by atoms with Crippen LogP contribution in [0.4, 0.5) is 0 Å². The van der Waals surface area contributed by atoms with Crippen molar-refractivity contribution in [2.45, 2.75) is 492 Å². The number of nitrogens with zero attached hydrogens (tertiary/aromatic N) is 5. The summed E-state index contributed by atoms with van der Waals surface area (Å²) in [4.78, 5) is 26.9. The maximum atomic E-state index is 5.89. The molecular formula is C121H213Cl10N5O4Si5Ti5-10. The van der Waals surface area contributed by atoms with Crippen molar-refractivity contribution in [1.82, 2.24) is 0 Å². The van der Waals surface area contributed by atoms with Gasteiger partial charge in [0.15, 0.2) is 0 Å². The molecule has 0 heterocycles. The molecular weight excluding hydrogens is 2320 g/mol. The molecule has 0 radical (unpaired) electrons. The zero-order chi connectivity index (χ0) is 112. The molecule has 0 spiro atoms. The van der Waals surface area contributed by atoms with Gasteiger partial charge >= 0.3 is 178 Å². The van der Waals surface area contributed by atoms with Crippen molar-refractivity contribution in [3.05, 3.63) is 251 Å². The number of unbranched alkanes of at least 4 members (excludes halogenated alkanes) is 13. The number of fused-ring (bicyclic) bond motifs is 5. The number of ether oxygens (including phenoxy) is 4. The summed E-state index contributed by atoms with van der Waals surface area (Å²) in [6.07, 6.45) is 39.4. The Bertz CT molecular complexity index is 4350. The summed E-state index contributed by atoms with van der Waals surface area (Å²) in [5.74, 6) is 0. The summed E-state index contributed by atoms with van der Waals surface area (Å²) in [6.45, 7) is 91.6. The third kappa shape index (κ3) is 69.8. The van der Waals surface area contributed by atoms with E-state index in [0.29, 0.717) is 27.7 Å². The first-order valence-corrected chi connectivity index (χ1v) is 89.2. The predicted molar refractivity (Wildman–Crippen MR) is 682 cm³/mol. The molecule has 0 N–H and O–H groups in total. The molecule has 5 aliphatic rings. The minimum absolute atomic E-state index is 0. The van der Waals surface area contributed by atoms with Crippen LogP contribution >= 0.6 is 93.0 Å². The molecule has 6 unspecified atom stereocenters. The minimum atomic E-state index is -1.96. The molecule has 0 saturated carbocycles. The Kier molecular flexibility index (Phi) is 87.5. The zero-order valence-corrected chi connectivity index (χ0v) is 123. The topological polar surface area (TPSA) is 107 Å². The van der Waals surface area contributed by atoms with Crippen molar-refractivity contribution >= 4 is 146 Å². The summed E-state index contributed by atoms with van der Waals surface area (Å²) < 4.78 is 23.4. The third-order valence-electron chi connectivity index (χ3n) is 25.7. The summed E-state index contributed by atoms with van der Waals surface area (Å²) in [5.41, 5.74) is 23.9. The van der Waals surface area contributed by atoms with Crippen molar-refractivity contribution in [1.29, 1.82) is 0 Å². The van der Waals surface area contributed by atoms with Gasteiger partial charge in [-0.1, -0.05) is 410 Å². The van der Waals surface area contributed by atoms with Crippen LogP contribution in [0.2, 0.25) is 75.0 Å². The normalized spacial score (nSPS) is 16.3. The van der Waals surface area contributed by atoms with Crippen LogP contribution in [0.5, 0.6) is 0 Å². The average Bonchev–Trinajstić information content (AvgIpc) is 1.58. The van der Waals surface area contributed by atoms with Gasteiger partial charge in [0, 0.05) is 26.4 Å². The van der Waals surface area contributed by atoms with Crippen LogP contribution in [0, 0.1) is 37.1 Å². The van der Waals surface area contributed by atoms with Gasteiger partial charge in [-0.3, -0.25) is 0 Å². The van der Waals surface area contributed by atoms with Gasteiger partial charge in [0.1, 0.15) is 0 Å². The van der Waals surface area contributed by atoms with E-state index in [-0.39, 0.29) is 87.2 Å². The second-order valence-electron chi connectivity index (χ2n) is 50.3. The van der Waals surface area contributed by atoms with Crippen molar-refractivity contribution in [3.63, 3.8) is 0 Å². The molecule has 6 atom stereocenters. The van der Waals surface area contributed by atoms with Crippen molar-refractivity contribution in [2.75, 3.05) is 26.4 Å². The Balaban J connectivity index is -0.000000417. The number of hydrogen-bond acceptors (Lipinski definition) is 4. The van der Waals surface area contributed by atoms with E-state index in [1.165, 1.54) is 195 Å². The molecule has 0 fully saturated rings. The summed E-state index contributed by atoms with van der Waals surface area (Å²) >= 11 is -2.78. The molecule has 150 heavy (non-hydrogen) atoms. The van der Waals surface area contributed by atoms with E-state index in [1.807, 2.05) is 0 Å². The SMILES string of the molecule is CC(C)(C)[N-][Si](C)(C)C1C=C(CCCCCCOC(C)(C)C)c2ccccc21.CC(C)(C)[N-][Si](C)(CCCCCCOC(C)(C)C)C1C=Cc2ccccc21.CC(C)(C)[N-][Si](C)(CCCCCCOC(C)(C)C)C1c2ccccc2-c2ccccc21.CC1=C(C)C([Si](C)(CCCCCCOC(C)(C)C)[N-]C(C)(C)C)C(C)=C1C.CCCCC1=CC([Si](C)(C)[N-]C(C)(C)C)C=C1.[CH3-].[CH3-].[CH3-].[CH3-].[CH3-].[Cl][Ti][Cl].[Cl][Ti][Cl].[Cl][Ti][Cl].[Cl][Ti][Cl].[Cl][Ti][Cl]. The molecule has 0 aliphatic heterocycles. The van der Waals surface area contributed by atoms with Gasteiger partial charge in [-0.15, -0.1) is 27.7 Å². The van der Waals surface area contributed by atoms with Crippen molar-refractivity contribution in [2.24, 2.45) is 0 Å². The molecule has 0 amide bonds. The van der Waals surface area contributed by atoms with Gasteiger partial charge in [-0.2, -0.15) is 0 Å². The van der Waals surface area contributed by atoms with Crippen molar-refractivity contribution in [3.8, 4) is 11.1 Å². The molecule has 5 aliphatic carbocycles. The quantitative estimate of drug-likeness (QED) is 0.0251. The van der Waals surface area contributed by atoms with E-state index in [2.05, 4.69) is 401 Å². The van der Waals surface area contributed by atoms with Gasteiger partial charge in [-0.05, 0) is 284 Å². The Morgan fingerprint density at radius 3 is 0.933 bits per heavy atom. The average molecular weight is 2540 g/mol. The molecule has 866 valence electrons. The van der Waals surface area contributed by atoms with E-state index in [0.717, 1.165) is 39.3 Å². The van der Waals surface area contributed by atoms with Crippen LogP contribution in [-0.4, -0.2) is 118 Å². The van der Waals surface area contributed by atoms with E-state index < -0.39 is 126 Å². The number of allylic oxidation sites excluding steroid dienone is 11. The van der Waals surface area contributed by atoms with Gasteiger partial charge in [0.25, 0.3) is 0 Å². The second-order valence-corrected chi connectivity index (χ2v) is 83.6. The van der Waals surface area contributed by atoms with E-state index in [4.69, 9.17) is 137 Å². The first-order chi connectivity index (χ1) is 66.9. The second kappa shape index (κ2) is 80.5. The Labute approximate surface area is 1020 Å². The molecule has 0 aromatic heterocycles. The fourth-order valence-electron chi connectivity index (χ4n) is 20.8. The van der Waals surface area contributed by atoms with Gasteiger partial charge in [0.2, 0.25) is 0 Å². The van der Waals surface area contributed by atoms with E-state index >= 15 is 0 Å². The van der Waals surface area contributed by atoms with Crippen LogP contribution in [0.3, 0.4) is 0 Å². The fraction of sp³-hybridized carbons (Fsp3) is 0.661.